The maximum atomic E-state index is 13.2. The van der Waals surface area contributed by atoms with Crippen molar-refractivity contribution in [1.82, 2.24) is 16.0 Å². The second-order valence-electron chi connectivity index (χ2n) is 8.96. The predicted molar refractivity (Wildman–Crippen MR) is 139 cm³/mol. The number of nitrogens with one attached hydrogen (secondary N) is 3. The van der Waals surface area contributed by atoms with Gasteiger partial charge in [-0.15, -0.1) is 0 Å². The standard InChI is InChI=1S/C26H31N5O9/c27-17(12-21(28)33)23(36)29-19(13-22(34)35)25(38)30-18(10-15-6-8-16(32)9-7-15)24(37)31-20(26(39)40)11-14-4-2-1-3-5-14/h1-9,17-20,32H,10-13,27H2,(H2,28,33)(H,29,36)(H,30,38)(H,31,37)(H,34,35)(H,39,40). The molecule has 0 heterocycles. The van der Waals surface area contributed by atoms with Crippen LogP contribution in [0.15, 0.2) is 54.6 Å². The van der Waals surface area contributed by atoms with E-state index in [1.807, 2.05) is 0 Å². The summed E-state index contributed by atoms with van der Waals surface area (Å²) in [6.45, 7) is 0. The summed E-state index contributed by atoms with van der Waals surface area (Å²) in [6.07, 6.45) is -1.68. The van der Waals surface area contributed by atoms with Gasteiger partial charge in [0.1, 0.15) is 23.9 Å². The molecule has 0 aliphatic rings. The molecule has 2 aromatic carbocycles. The first-order chi connectivity index (χ1) is 18.8. The highest BCUT2D eigenvalue weighted by Gasteiger charge is 2.32. The number of phenolic OH excluding ortho intramolecular Hbond substituents is 1. The number of carboxylic acids is 2. The molecule has 0 spiro atoms. The van der Waals surface area contributed by atoms with Crippen molar-refractivity contribution in [3.8, 4) is 5.75 Å². The Morgan fingerprint density at radius 2 is 1.18 bits per heavy atom. The molecule has 0 bridgehead atoms. The number of primary amides is 1. The van der Waals surface area contributed by atoms with E-state index in [-0.39, 0.29) is 18.6 Å². The van der Waals surface area contributed by atoms with Gasteiger partial charge in [0.2, 0.25) is 23.6 Å². The van der Waals surface area contributed by atoms with Crippen molar-refractivity contribution in [2.75, 3.05) is 0 Å². The van der Waals surface area contributed by atoms with E-state index in [2.05, 4.69) is 16.0 Å². The lowest BCUT2D eigenvalue weighted by Gasteiger charge is -2.25. The molecule has 0 aliphatic heterocycles. The van der Waals surface area contributed by atoms with Crippen molar-refractivity contribution in [2.45, 2.75) is 49.9 Å². The monoisotopic (exact) mass is 557 g/mol. The summed E-state index contributed by atoms with van der Waals surface area (Å²) in [4.78, 5) is 73.0. The zero-order chi connectivity index (χ0) is 29.8. The van der Waals surface area contributed by atoms with Crippen molar-refractivity contribution >= 4 is 35.6 Å². The average Bonchev–Trinajstić information content (AvgIpc) is 2.88. The number of carbonyl (C=O) groups is 6. The third-order valence-electron chi connectivity index (χ3n) is 5.68. The topological polar surface area (TPSA) is 251 Å². The summed E-state index contributed by atoms with van der Waals surface area (Å²) >= 11 is 0. The first-order valence-electron chi connectivity index (χ1n) is 12.1. The molecule has 14 nitrogen and oxygen atoms in total. The van der Waals surface area contributed by atoms with Gasteiger partial charge in [0, 0.05) is 12.8 Å². The summed E-state index contributed by atoms with van der Waals surface area (Å²) in [5.41, 5.74) is 11.7. The van der Waals surface area contributed by atoms with Crippen LogP contribution < -0.4 is 27.4 Å². The van der Waals surface area contributed by atoms with E-state index in [0.29, 0.717) is 11.1 Å². The molecule has 214 valence electrons. The van der Waals surface area contributed by atoms with Crippen LogP contribution in [0.3, 0.4) is 0 Å². The normalized spacial score (nSPS) is 13.6. The van der Waals surface area contributed by atoms with Crippen LogP contribution in [-0.4, -0.2) is 75.1 Å². The lowest BCUT2D eigenvalue weighted by atomic mass is 10.0. The molecule has 14 heteroatoms. The minimum atomic E-state index is -1.70. The fraction of sp³-hybridized carbons (Fsp3) is 0.308. The SMILES string of the molecule is NC(=O)CC(N)C(=O)NC(CC(=O)O)C(=O)NC(Cc1ccc(O)cc1)C(=O)NC(Cc1ccccc1)C(=O)O. The second kappa shape index (κ2) is 14.8. The van der Waals surface area contributed by atoms with Gasteiger partial charge in [-0.2, -0.15) is 0 Å². The molecule has 0 saturated heterocycles. The van der Waals surface area contributed by atoms with E-state index in [1.165, 1.54) is 24.3 Å². The van der Waals surface area contributed by atoms with Gasteiger partial charge in [0.15, 0.2) is 0 Å². The van der Waals surface area contributed by atoms with Crippen LogP contribution in [0, 0.1) is 0 Å². The molecule has 10 N–H and O–H groups in total. The summed E-state index contributed by atoms with van der Waals surface area (Å²) in [5, 5.41) is 35.4. The number of rotatable bonds is 15. The fourth-order valence-electron chi connectivity index (χ4n) is 3.64. The van der Waals surface area contributed by atoms with E-state index in [0.717, 1.165) is 0 Å². The Labute approximate surface area is 228 Å². The molecule has 0 aromatic heterocycles. The lowest BCUT2D eigenvalue weighted by Crippen LogP contribution is -2.58. The molecule has 0 fully saturated rings. The number of aromatic hydroxyl groups is 1. The van der Waals surface area contributed by atoms with E-state index in [1.54, 1.807) is 30.3 Å². The van der Waals surface area contributed by atoms with Gasteiger partial charge in [-0.1, -0.05) is 42.5 Å². The van der Waals surface area contributed by atoms with Gasteiger partial charge >= 0.3 is 11.9 Å². The molecule has 40 heavy (non-hydrogen) atoms. The van der Waals surface area contributed by atoms with Gasteiger partial charge in [-0.3, -0.25) is 24.0 Å². The number of aliphatic carboxylic acids is 2. The zero-order valence-corrected chi connectivity index (χ0v) is 21.3. The third kappa shape index (κ3) is 10.4. The van der Waals surface area contributed by atoms with Crippen LogP contribution in [0.2, 0.25) is 0 Å². The number of nitrogens with two attached hydrogens (primary N) is 2. The predicted octanol–water partition coefficient (Wildman–Crippen LogP) is -1.61. The minimum absolute atomic E-state index is 0.0564. The Morgan fingerprint density at radius 1 is 0.675 bits per heavy atom. The van der Waals surface area contributed by atoms with Crippen LogP contribution in [0.5, 0.6) is 5.75 Å². The van der Waals surface area contributed by atoms with E-state index >= 15 is 0 Å². The van der Waals surface area contributed by atoms with Crippen molar-refractivity contribution in [3.63, 3.8) is 0 Å². The van der Waals surface area contributed by atoms with Crippen molar-refractivity contribution in [3.05, 3.63) is 65.7 Å². The molecule has 0 aliphatic carbocycles. The number of benzene rings is 2. The second-order valence-corrected chi connectivity index (χ2v) is 8.96. The Hall–Kier alpha value is -4.98. The minimum Gasteiger partial charge on any atom is -0.508 e. The first kappa shape index (κ1) is 31.2. The fourth-order valence-corrected chi connectivity index (χ4v) is 3.64. The van der Waals surface area contributed by atoms with Crippen molar-refractivity contribution < 1.29 is 44.1 Å². The molecule has 4 atom stereocenters. The zero-order valence-electron chi connectivity index (χ0n) is 21.3. The van der Waals surface area contributed by atoms with Crippen LogP contribution >= 0.6 is 0 Å². The molecule has 4 amide bonds. The van der Waals surface area contributed by atoms with Crippen molar-refractivity contribution in [2.24, 2.45) is 11.5 Å². The first-order valence-corrected chi connectivity index (χ1v) is 12.1. The van der Waals surface area contributed by atoms with Crippen LogP contribution in [-0.2, 0) is 41.6 Å². The van der Waals surface area contributed by atoms with Gasteiger partial charge in [-0.05, 0) is 23.3 Å². The molecule has 2 rings (SSSR count). The van der Waals surface area contributed by atoms with Crippen molar-refractivity contribution in [1.29, 1.82) is 0 Å². The number of carboxylic acid groups (broad SMARTS) is 2. The average molecular weight is 558 g/mol. The van der Waals surface area contributed by atoms with E-state index in [4.69, 9.17) is 11.5 Å². The third-order valence-corrected chi connectivity index (χ3v) is 5.68. The maximum absolute atomic E-state index is 13.2. The van der Waals surface area contributed by atoms with Gasteiger partial charge in [0.25, 0.3) is 0 Å². The van der Waals surface area contributed by atoms with Gasteiger partial charge < -0.3 is 42.7 Å². The molecule has 0 saturated carbocycles. The number of hydrogen-bond acceptors (Lipinski definition) is 8. The molecule has 2 aromatic rings. The van der Waals surface area contributed by atoms with E-state index in [9.17, 15) is 44.1 Å². The van der Waals surface area contributed by atoms with Crippen LogP contribution in [0.4, 0.5) is 0 Å². The summed E-state index contributed by atoms with van der Waals surface area (Å²) < 4.78 is 0. The molecule has 4 unspecified atom stereocenters. The number of hydrogen-bond donors (Lipinski definition) is 8. The Balaban J connectivity index is 2.28. The highest BCUT2D eigenvalue weighted by molar-refractivity contribution is 5.96. The Morgan fingerprint density at radius 3 is 1.73 bits per heavy atom. The number of amides is 4. The smallest absolute Gasteiger partial charge is 0.326 e. The Bertz CT molecular complexity index is 1220. The van der Waals surface area contributed by atoms with Crippen LogP contribution in [0.1, 0.15) is 24.0 Å². The lowest BCUT2D eigenvalue weighted by molar-refractivity contribution is -0.143. The van der Waals surface area contributed by atoms with Gasteiger partial charge in [-0.25, -0.2) is 4.79 Å². The summed E-state index contributed by atoms with van der Waals surface area (Å²) in [7, 11) is 0. The largest absolute Gasteiger partial charge is 0.508 e. The quantitative estimate of drug-likeness (QED) is 0.124. The maximum Gasteiger partial charge on any atom is 0.326 e. The summed E-state index contributed by atoms with van der Waals surface area (Å²) in [5.74, 6) is -6.72. The van der Waals surface area contributed by atoms with E-state index < -0.39 is 72.6 Å². The van der Waals surface area contributed by atoms with Crippen LogP contribution in [0.25, 0.3) is 0 Å². The highest BCUT2D eigenvalue weighted by atomic mass is 16.4. The molecular formula is C26H31N5O9. The summed E-state index contributed by atoms with van der Waals surface area (Å²) in [6, 6.07) is 8.22. The molecule has 0 radical (unpaired) electrons. The number of carbonyl (C=O) groups excluding carboxylic acids is 4. The molecular weight excluding hydrogens is 526 g/mol. The highest BCUT2D eigenvalue weighted by Crippen LogP contribution is 2.12. The van der Waals surface area contributed by atoms with Gasteiger partial charge in [0.05, 0.1) is 18.9 Å². The Kier molecular flexibility index (Phi) is 11.6. The number of phenols is 1.